The van der Waals surface area contributed by atoms with Crippen LogP contribution >= 0.6 is 12.2 Å². The van der Waals surface area contributed by atoms with Gasteiger partial charge in [-0.2, -0.15) is 0 Å². The summed E-state index contributed by atoms with van der Waals surface area (Å²) in [4.78, 5) is 16.3. The van der Waals surface area contributed by atoms with Gasteiger partial charge >= 0.3 is 0 Å². The van der Waals surface area contributed by atoms with Crippen LogP contribution in [0.15, 0.2) is 18.3 Å². The lowest BCUT2D eigenvalue weighted by Crippen LogP contribution is -2.36. The van der Waals surface area contributed by atoms with Crippen LogP contribution in [0, 0.1) is 11.8 Å². The molecule has 6 heteroatoms. The molecule has 0 aromatic carbocycles. The highest BCUT2D eigenvalue weighted by Crippen LogP contribution is 2.16. The molecule has 0 saturated heterocycles. The quantitative estimate of drug-likeness (QED) is 0.780. The fourth-order valence-corrected chi connectivity index (χ4v) is 2.05. The van der Waals surface area contributed by atoms with Crippen molar-refractivity contribution < 1.29 is 9.53 Å². The van der Waals surface area contributed by atoms with Crippen LogP contribution in [-0.2, 0) is 4.79 Å². The summed E-state index contributed by atoms with van der Waals surface area (Å²) in [5.41, 5.74) is 6.18. The molecule has 0 saturated carbocycles. The first kappa shape index (κ1) is 15.4. The molecule has 0 aliphatic heterocycles. The van der Waals surface area contributed by atoms with Gasteiger partial charge in [-0.05, 0) is 18.9 Å². The van der Waals surface area contributed by atoms with E-state index in [0.717, 1.165) is 0 Å². The largest absolute Gasteiger partial charge is 0.478 e. The van der Waals surface area contributed by atoms with Gasteiger partial charge in [0.25, 0.3) is 0 Å². The Balaban J connectivity index is 2.73. The fourth-order valence-electron chi connectivity index (χ4n) is 1.67. The van der Waals surface area contributed by atoms with Gasteiger partial charge in [0.2, 0.25) is 11.8 Å². The number of ether oxygens (including phenoxy) is 1. The van der Waals surface area contributed by atoms with Crippen LogP contribution in [0.1, 0.15) is 20.8 Å². The lowest BCUT2D eigenvalue weighted by Gasteiger charge is -2.18. The van der Waals surface area contributed by atoms with Crippen LogP contribution in [0.2, 0.25) is 0 Å². The number of nitrogens with two attached hydrogens (primary N) is 1. The fraction of sp³-hybridized carbons (Fsp3) is 0.462. The first-order chi connectivity index (χ1) is 8.95. The third-order valence-corrected chi connectivity index (χ3v) is 2.81. The zero-order valence-corrected chi connectivity index (χ0v) is 12.2. The van der Waals surface area contributed by atoms with Gasteiger partial charge in [0.1, 0.15) is 0 Å². The van der Waals surface area contributed by atoms with Crippen molar-refractivity contribution in [2.75, 3.05) is 11.9 Å². The molecule has 1 rings (SSSR count). The Hall–Kier alpha value is -1.69. The molecule has 1 amide bonds. The molecule has 0 bridgehead atoms. The molecule has 0 spiro atoms. The highest BCUT2D eigenvalue weighted by atomic mass is 32.1. The summed E-state index contributed by atoms with van der Waals surface area (Å²) in [7, 11) is 0. The number of amides is 1. The summed E-state index contributed by atoms with van der Waals surface area (Å²) in [6.45, 7) is 6.24. The highest BCUT2D eigenvalue weighted by Gasteiger charge is 2.25. The molecule has 3 N–H and O–H groups in total. The minimum Gasteiger partial charge on any atom is -0.478 e. The Morgan fingerprint density at radius 2 is 2.21 bits per heavy atom. The molecule has 1 aromatic rings. The van der Waals surface area contributed by atoms with E-state index in [0.29, 0.717) is 18.2 Å². The van der Waals surface area contributed by atoms with Crippen molar-refractivity contribution in [2.45, 2.75) is 20.8 Å². The van der Waals surface area contributed by atoms with E-state index in [1.807, 2.05) is 20.8 Å². The van der Waals surface area contributed by atoms with Crippen LogP contribution < -0.4 is 15.8 Å². The molecular weight excluding hydrogens is 262 g/mol. The average Bonchev–Trinajstić information content (AvgIpc) is 2.31. The first-order valence-corrected chi connectivity index (χ1v) is 6.55. The minimum atomic E-state index is -0.485. The van der Waals surface area contributed by atoms with Crippen LogP contribution in [0.3, 0.4) is 0 Å². The number of nitrogens with zero attached hydrogens (tertiary/aromatic N) is 1. The van der Waals surface area contributed by atoms with E-state index in [9.17, 15) is 4.79 Å². The molecule has 1 aromatic heterocycles. The van der Waals surface area contributed by atoms with Crippen molar-refractivity contribution in [3.05, 3.63) is 18.3 Å². The Bertz CT molecular complexity index is 446. The Morgan fingerprint density at radius 3 is 2.63 bits per heavy atom. The number of hydrogen-bond acceptors (Lipinski definition) is 4. The van der Waals surface area contributed by atoms with E-state index >= 15 is 0 Å². The van der Waals surface area contributed by atoms with E-state index in [4.69, 9.17) is 22.7 Å². The van der Waals surface area contributed by atoms with Gasteiger partial charge in [0, 0.05) is 6.07 Å². The molecule has 0 aliphatic rings. The summed E-state index contributed by atoms with van der Waals surface area (Å²) < 4.78 is 5.23. The maximum Gasteiger partial charge on any atom is 0.234 e. The van der Waals surface area contributed by atoms with Gasteiger partial charge in [0.15, 0.2) is 0 Å². The van der Waals surface area contributed by atoms with Crippen molar-refractivity contribution in [3.63, 3.8) is 0 Å². The molecule has 0 radical (unpaired) electrons. The predicted molar refractivity (Wildman–Crippen MR) is 79.1 cm³/mol. The van der Waals surface area contributed by atoms with Crippen molar-refractivity contribution >= 4 is 28.8 Å². The minimum absolute atomic E-state index is 0.0492. The van der Waals surface area contributed by atoms with E-state index in [1.165, 1.54) is 0 Å². The second kappa shape index (κ2) is 7.04. The molecular formula is C13H19N3O2S. The number of aromatic nitrogens is 1. The van der Waals surface area contributed by atoms with E-state index in [2.05, 4.69) is 10.3 Å². The Labute approximate surface area is 118 Å². The lowest BCUT2D eigenvalue weighted by molar-refractivity contribution is -0.118. The third kappa shape index (κ3) is 4.48. The van der Waals surface area contributed by atoms with Gasteiger partial charge in [-0.1, -0.05) is 26.1 Å². The van der Waals surface area contributed by atoms with Gasteiger partial charge < -0.3 is 15.8 Å². The number of carbonyl (C=O) groups excluding carboxylic acids is 1. The summed E-state index contributed by atoms with van der Waals surface area (Å²) in [6, 6.07) is 3.43. The summed E-state index contributed by atoms with van der Waals surface area (Å²) in [6.07, 6.45) is 1.54. The molecule has 19 heavy (non-hydrogen) atoms. The highest BCUT2D eigenvalue weighted by molar-refractivity contribution is 7.80. The topological polar surface area (TPSA) is 77.2 Å². The summed E-state index contributed by atoms with van der Waals surface area (Å²) in [5.74, 6) is -0.126. The van der Waals surface area contributed by atoms with Crippen molar-refractivity contribution in [3.8, 4) is 5.88 Å². The maximum atomic E-state index is 12.1. The molecule has 104 valence electrons. The van der Waals surface area contributed by atoms with Crippen LogP contribution in [0.5, 0.6) is 5.88 Å². The van der Waals surface area contributed by atoms with Crippen molar-refractivity contribution in [1.82, 2.24) is 4.98 Å². The van der Waals surface area contributed by atoms with Crippen LogP contribution in [0.25, 0.3) is 0 Å². The normalized spacial score (nSPS) is 12.0. The Kier molecular flexibility index (Phi) is 5.69. The molecule has 1 atom stereocenters. The third-order valence-electron chi connectivity index (χ3n) is 2.55. The molecule has 5 nitrogen and oxygen atoms in total. The van der Waals surface area contributed by atoms with E-state index < -0.39 is 5.92 Å². The Morgan fingerprint density at radius 1 is 1.53 bits per heavy atom. The number of thiocarbonyl (C=S) groups is 1. The predicted octanol–water partition coefficient (Wildman–Crippen LogP) is 1.98. The maximum absolute atomic E-state index is 12.1. The first-order valence-electron chi connectivity index (χ1n) is 6.14. The number of hydrogen-bond donors (Lipinski definition) is 2. The van der Waals surface area contributed by atoms with Crippen LogP contribution in [-0.4, -0.2) is 22.5 Å². The number of carbonyl (C=O) groups is 1. The molecule has 0 aliphatic carbocycles. The molecule has 0 fully saturated rings. The van der Waals surface area contributed by atoms with E-state index in [1.54, 1.807) is 18.3 Å². The van der Waals surface area contributed by atoms with Crippen LogP contribution in [0.4, 0.5) is 5.69 Å². The standard InChI is InChI=1S/C13H19N3O2S/c1-4-18-10-6-5-9(7-15-10)16-13(17)11(8(2)3)12(14)19/h5-8,11H,4H2,1-3H3,(H2,14,19)(H,16,17). The number of nitrogens with one attached hydrogen (secondary N) is 1. The second-order valence-electron chi connectivity index (χ2n) is 4.43. The lowest BCUT2D eigenvalue weighted by atomic mass is 9.95. The van der Waals surface area contributed by atoms with Gasteiger partial charge in [-0.25, -0.2) is 4.98 Å². The smallest absolute Gasteiger partial charge is 0.234 e. The summed E-state index contributed by atoms with van der Waals surface area (Å²) >= 11 is 4.92. The van der Waals surface area contributed by atoms with Gasteiger partial charge in [0.05, 0.1) is 29.4 Å². The van der Waals surface area contributed by atoms with Crippen molar-refractivity contribution in [2.24, 2.45) is 17.6 Å². The average molecular weight is 281 g/mol. The van der Waals surface area contributed by atoms with E-state index in [-0.39, 0.29) is 16.8 Å². The monoisotopic (exact) mass is 281 g/mol. The SMILES string of the molecule is CCOc1ccc(NC(=O)C(C(N)=S)C(C)C)cn1. The zero-order chi connectivity index (χ0) is 14.4. The number of anilines is 1. The molecule has 1 heterocycles. The second-order valence-corrected chi connectivity index (χ2v) is 4.90. The molecule has 1 unspecified atom stereocenters. The van der Waals surface area contributed by atoms with Crippen molar-refractivity contribution in [1.29, 1.82) is 0 Å². The number of rotatable bonds is 6. The summed E-state index contributed by atoms with van der Waals surface area (Å²) in [5, 5.41) is 2.75. The van der Waals surface area contributed by atoms with Gasteiger partial charge in [-0.15, -0.1) is 0 Å². The zero-order valence-electron chi connectivity index (χ0n) is 11.3. The number of pyridine rings is 1. The van der Waals surface area contributed by atoms with Gasteiger partial charge in [-0.3, -0.25) is 4.79 Å².